The Hall–Kier alpha value is -1.06. The minimum atomic E-state index is -0.379. The molecule has 0 saturated heterocycles. The Bertz CT molecular complexity index is 351. The predicted octanol–water partition coefficient (Wildman–Crippen LogP) is 2.11. The third-order valence-electron chi connectivity index (χ3n) is 2.67. The molecule has 0 aliphatic carbocycles. The maximum atomic E-state index is 11.7. The molecule has 0 bridgehead atoms. The van der Waals surface area contributed by atoms with E-state index in [4.69, 9.17) is 5.73 Å². The fraction of sp³-hybridized carbons (Fsp3) is 0.462. The van der Waals surface area contributed by atoms with Crippen molar-refractivity contribution in [1.29, 1.82) is 0 Å². The van der Waals surface area contributed by atoms with Crippen LogP contribution in [0.15, 0.2) is 24.3 Å². The monoisotopic (exact) mass is 256 g/mol. The first-order chi connectivity index (χ1) is 7.54. The maximum absolute atomic E-state index is 11.7. The second kappa shape index (κ2) is 7.30. The Kier molecular flexibility index (Phi) is 6.85. The Morgan fingerprint density at radius 2 is 1.88 bits per heavy atom. The highest BCUT2D eigenvalue weighted by molar-refractivity contribution is 5.85. The molecule has 1 aromatic rings. The summed E-state index contributed by atoms with van der Waals surface area (Å²) in [6.45, 7) is 4.58. The molecule has 0 saturated carbocycles. The lowest BCUT2D eigenvalue weighted by atomic mass is 10.1. The van der Waals surface area contributed by atoms with E-state index in [0.717, 1.165) is 5.56 Å². The van der Waals surface area contributed by atoms with Crippen molar-refractivity contribution in [2.75, 3.05) is 7.05 Å². The number of carbonyl (C=O) groups excluding carboxylic acids is 1. The number of halogens is 1. The van der Waals surface area contributed by atoms with Gasteiger partial charge in [0.25, 0.3) is 0 Å². The van der Waals surface area contributed by atoms with Crippen molar-refractivity contribution in [3.8, 4) is 0 Å². The molecule has 2 N–H and O–H groups in total. The SMILES string of the molecule is CC[C@H](N)C(=O)N(C)Cc1ccc(C)cc1.Cl. The Balaban J connectivity index is 0.00000256. The van der Waals surface area contributed by atoms with Crippen LogP contribution >= 0.6 is 12.4 Å². The van der Waals surface area contributed by atoms with Crippen LogP contribution in [0.4, 0.5) is 0 Å². The number of nitrogens with zero attached hydrogens (tertiary/aromatic N) is 1. The van der Waals surface area contributed by atoms with Crippen LogP contribution in [0, 0.1) is 6.92 Å². The molecule has 0 spiro atoms. The maximum Gasteiger partial charge on any atom is 0.239 e. The van der Waals surface area contributed by atoms with Gasteiger partial charge in [0.15, 0.2) is 0 Å². The van der Waals surface area contributed by atoms with Gasteiger partial charge in [-0.05, 0) is 18.9 Å². The number of rotatable bonds is 4. The van der Waals surface area contributed by atoms with Crippen LogP contribution in [0.1, 0.15) is 24.5 Å². The van der Waals surface area contributed by atoms with E-state index in [2.05, 4.69) is 0 Å². The highest BCUT2D eigenvalue weighted by atomic mass is 35.5. The van der Waals surface area contributed by atoms with Crippen LogP contribution in [0.3, 0.4) is 0 Å². The fourth-order valence-electron chi connectivity index (χ4n) is 1.50. The molecule has 17 heavy (non-hydrogen) atoms. The van der Waals surface area contributed by atoms with E-state index >= 15 is 0 Å². The van der Waals surface area contributed by atoms with Crippen molar-refractivity contribution >= 4 is 18.3 Å². The van der Waals surface area contributed by atoms with Gasteiger partial charge in [0.2, 0.25) is 5.91 Å². The number of aryl methyl sites for hydroxylation is 1. The summed E-state index contributed by atoms with van der Waals surface area (Å²) in [5.41, 5.74) is 8.06. The van der Waals surface area contributed by atoms with Crippen LogP contribution in [0.2, 0.25) is 0 Å². The summed E-state index contributed by atoms with van der Waals surface area (Å²) in [5.74, 6) is 0.00285. The van der Waals surface area contributed by atoms with E-state index < -0.39 is 0 Å². The van der Waals surface area contributed by atoms with Gasteiger partial charge in [-0.15, -0.1) is 12.4 Å². The lowest BCUT2D eigenvalue weighted by molar-refractivity contribution is -0.131. The molecule has 1 atom stereocenters. The summed E-state index contributed by atoms with van der Waals surface area (Å²) in [5, 5.41) is 0. The predicted molar refractivity (Wildman–Crippen MR) is 73.2 cm³/mol. The number of carbonyl (C=O) groups is 1. The normalized spacial score (nSPS) is 11.5. The minimum Gasteiger partial charge on any atom is -0.340 e. The molecule has 3 nitrogen and oxygen atoms in total. The van der Waals surface area contributed by atoms with E-state index in [1.54, 1.807) is 11.9 Å². The minimum absolute atomic E-state index is 0. The van der Waals surface area contributed by atoms with Crippen LogP contribution in [0.25, 0.3) is 0 Å². The van der Waals surface area contributed by atoms with Gasteiger partial charge >= 0.3 is 0 Å². The average Bonchev–Trinajstić information content (AvgIpc) is 2.30. The molecular formula is C13H21ClN2O. The first kappa shape index (κ1) is 15.9. The van der Waals surface area contributed by atoms with E-state index in [0.29, 0.717) is 13.0 Å². The Morgan fingerprint density at radius 3 is 2.35 bits per heavy atom. The highest BCUT2D eigenvalue weighted by Gasteiger charge is 2.15. The zero-order valence-electron chi connectivity index (χ0n) is 10.6. The molecule has 96 valence electrons. The van der Waals surface area contributed by atoms with Crippen LogP contribution < -0.4 is 5.73 Å². The van der Waals surface area contributed by atoms with E-state index in [1.165, 1.54) is 5.56 Å². The summed E-state index contributed by atoms with van der Waals surface area (Å²) in [6.07, 6.45) is 0.678. The van der Waals surface area contributed by atoms with Crippen molar-refractivity contribution in [3.63, 3.8) is 0 Å². The van der Waals surface area contributed by atoms with E-state index in [-0.39, 0.29) is 24.4 Å². The summed E-state index contributed by atoms with van der Waals surface area (Å²) < 4.78 is 0. The quantitative estimate of drug-likeness (QED) is 0.897. The van der Waals surface area contributed by atoms with E-state index in [1.807, 2.05) is 38.1 Å². The van der Waals surface area contributed by atoms with Crippen molar-refractivity contribution in [2.45, 2.75) is 32.9 Å². The van der Waals surface area contributed by atoms with Gasteiger partial charge in [0.05, 0.1) is 6.04 Å². The molecule has 1 aromatic carbocycles. The van der Waals surface area contributed by atoms with Gasteiger partial charge in [-0.3, -0.25) is 4.79 Å². The fourth-order valence-corrected chi connectivity index (χ4v) is 1.50. The summed E-state index contributed by atoms with van der Waals surface area (Å²) >= 11 is 0. The largest absolute Gasteiger partial charge is 0.340 e. The topological polar surface area (TPSA) is 46.3 Å². The third-order valence-corrected chi connectivity index (χ3v) is 2.67. The molecule has 4 heteroatoms. The number of amides is 1. The first-order valence-corrected chi connectivity index (χ1v) is 5.60. The number of benzene rings is 1. The molecule has 0 aliphatic rings. The smallest absolute Gasteiger partial charge is 0.239 e. The van der Waals surface area contributed by atoms with Gasteiger partial charge in [0.1, 0.15) is 0 Å². The second-order valence-electron chi connectivity index (χ2n) is 4.19. The molecule has 0 fully saturated rings. The summed E-state index contributed by atoms with van der Waals surface area (Å²) in [6, 6.07) is 7.80. The molecule has 1 amide bonds. The van der Waals surface area contributed by atoms with Gasteiger partial charge < -0.3 is 10.6 Å². The van der Waals surface area contributed by atoms with Crippen molar-refractivity contribution in [2.24, 2.45) is 5.73 Å². The molecule has 0 unspecified atom stereocenters. The summed E-state index contributed by atoms with van der Waals surface area (Å²) in [7, 11) is 1.79. The molecule has 0 radical (unpaired) electrons. The zero-order valence-corrected chi connectivity index (χ0v) is 11.5. The average molecular weight is 257 g/mol. The van der Waals surface area contributed by atoms with Crippen LogP contribution in [0.5, 0.6) is 0 Å². The van der Waals surface area contributed by atoms with Gasteiger partial charge in [-0.25, -0.2) is 0 Å². The number of nitrogens with two attached hydrogens (primary N) is 1. The standard InChI is InChI=1S/C13H20N2O.ClH/c1-4-12(14)13(16)15(3)9-11-7-5-10(2)6-8-11;/h5-8,12H,4,9,14H2,1-3H3;1H/t12-;/m0./s1. The van der Waals surface area contributed by atoms with Gasteiger partial charge in [0, 0.05) is 13.6 Å². The first-order valence-electron chi connectivity index (χ1n) is 5.60. The van der Waals surface area contributed by atoms with Gasteiger partial charge in [-0.2, -0.15) is 0 Å². The Labute approximate surface area is 109 Å². The number of likely N-dealkylation sites (N-methyl/N-ethyl adjacent to an activating group) is 1. The van der Waals surface area contributed by atoms with Crippen molar-refractivity contribution < 1.29 is 4.79 Å². The number of hydrogen-bond acceptors (Lipinski definition) is 2. The summed E-state index contributed by atoms with van der Waals surface area (Å²) in [4.78, 5) is 13.4. The molecule has 0 aromatic heterocycles. The van der Waals surface area contributed by atoms with Crippen LogP contribution in [-0.4, -0.2) is 23.9 Å². The third kappa shape index (κ3) is 4.75. The van der Waals surface area contributed by atoms with Crippen molar-refractivity contribution in [3.05, 3.63) is 35.4 Å². The zero-order chi connectivity index (χ0) is 12.1. The molecular weight excluding hydrogens is 236 g/mol. The highest BCUT2D eigenvalue weighted by Crippen LogP contribution is 2.07. The lowest BCUT2D eigenvalue weighted by Gasteiger charge is -2.20. The van der Waals surface area contributed by atoms with Gasteiger partial charge in [-0.1, -0.05) is 36.8 Å². The van der Waals surface area contributed by atoms with Crippen molar-refractivity contribution in [1.82, 2.24) is 4.90 Å². The number of hydrogen-bond donors (Lipinski definition) is 1. The Morgan fingerprint density at radius 1 is 1.35 bits per heavy atom. The lowest BCUT2D eigenvalue weighted by Crippen LogP contribution is -2.40. The van der Waals surface area contributed by atoms with Crippen LogP contribution in [-0.2, 0) is 11.3 Å². The molecule has 1 rings (SSSR count). The second-order valence-corrected chi connectivity index (χ2v) is 4.19. The molecule has 0 heterocycles. The van der Waals surface area contributed by atoms with E-state index in [9.17, 15) is 4.79 Å². The molecule has 0 aliphatic heterocycles.